The Balaban J connectivity index is 1.80. The van der Waals surface area contributed by atoms with E-state index in [-0.39, 0.29) is 18.7 Å². The lowest BCUT2D eigenvalue weighted by molar-refractivity contribution is -0.750. The maximum atomic E-state index is 12.4. The summed E-state index contributed by atoms with van der Waals surface area (Å²) >= 11 is 1.19. The molecule has 0 saturated carbocycles. The minimum atomic E-state index is -0.674. The lowest BCUT2D eigenvalue weighted by Crippen LogP contribution is -2.41. The first-order valence-corrected chi connectivity index (χ1v) is 9.93. The van der Waals surface area contributed by atoms with Crippen LogP contribution in [-0.4, -0.2) is 47.4 Å². The fraction of sp³-hybridized carbons (Fsp3) is 0.500. The number of esters is 1. The fourth-order valence-corrected chi connectivity index (χ4v) is 4.21. The van der Waals surface area contributed by atoms with E-state index >= 15 is 0 Å². The van der Waals surface area contributed by atoms with Crippen LogP contribution in [0.3, 0.4) is 0 Å². The van der Waals surface area contributed by atoms with Gasteiger partial charge >= 0.3 is 12.1 Å². The summed E-state index contributed by atoms with van der Waals surface area (Å²) in [6, 6.07) is 0. The van der Waals surface area contributed by atoms with Gasteiger partial charge in [-0.3, -0.25) is 4.79 Å². The van der Waals surface area contributed by atoms with Crippen LogP contribution in [0.15, 0.2) is 10.7 Å². The van der Waals surface area contributed by atoms with Crippen molar-refractivity contribution in [3.05, 3.63) is 22.2 Å². The van der Waals surface area contributed by atoms with Crippen LogP contribution in [-0.2, 0) is 33.8 Å². The number of nitrogens with zero attached hydrogens (tertiary/aromatic N) is 3. The third kappa shape index (κ3) is 4.87. The van der Waals surface area contributed by atoms with Gasteiger partial charge in [-0.2, -0.15) is 0 Å². The minimum absolute atomic E-state index is 0.256. The summed E-state index contributed by atoms with van der Waals surface area (Å²) in [5, 5.41) is 17.4. The molecule has 1 aliphatic rings. The van der Waals surface area contributed by atoms with Crippen LogP contribution < -0.4 is 15.1 Å². The number of carbonyl (C=O) groups excluding carboxylic acids is 3. The SMILES string of the molecule is COC(=O)c1c(NC(=O)C[n+]2cc([O-])on2)sc2c1CCN(C(=O)OC(C)(C)C)C2. The summed E-state index contributed by atoms with van der Waals surface area (Å²) in [4.78, 5) is 39.4. The highest BCUT2D eigenvalue weighted by molar-refractivity contribution is 7.17. The lowest BCUT2D eigenvalue weighted by Gasteiger charge is -2.30. The average molecular weight is 438 g/mol. The third-order valence-corrected chi connectivity index (χ3v) is 5.28. The molecule has 0 aliphatic carbocycles. The Hall–Kier alpha value is -3.15. The molecule has 162 valence electrons. The Bertz CT molecular complexity index is 976. The molecule has 2 aromatic rings. The zero-order valence-corrected chi connectivity index (χ0v) is 17.8. The van der Waals surface area contributed by atoms with Crippen LogP contribution in [0, 0.1) is 0 Å². The predicted molar refractivity (Wildman–Crippen MR) is 101 cm³/mol. The molecule has 2 aromatic heterocycles. The molecule has 1 N–H and O–H groups in total. The van der Waals surface area contributed by atoms with Crippen molar-refractivity contribution in [1.82, 2.24) is 10.2 Å². The molecule has 0 atom stereocenters. The molecule has 3 rings (SSSR count). The van der Waals surface area contributed by atoms with Gasteiger partial charge in [0.1, 0.15) is 16.5 Å². The molecule has 3 heterocycles. The Morgan fingerprint density at radius 3 is 2.73 bits per heavy atom. The number of fused-ring (bicyclic) bond motifs is 1. The van der Waals surface area contributed by atoms with E-state index in [1.807, 2.05) is 0 Å². The van der Waals surface area contributed by atoms with Crippen LogP contribution in [0.1, 0.15) is 41.6 Å². The van der Waals surface area contributed by atoms with E-state index in [4.69, 9.17) is 9.47 Å². The number of thiophene rings is 1. The van der Waals surface area contributed by atoms with Gasteiger partial charge in [0.2, 0.25) is 6.20 Å². The molecular weight excluding hydrogens is 416 g/mol. The molecule has 0 spiro atoms. The molecule has 0 saturated heterocycles. The number of hydrogen-bond donors (Lipinski definition) is 1. The quantitative estimate of drug-likeness (QED) is 0.547. The van der Waals surface area contributed by atoms with Crippen molar-refractivity contribution in [2.45, 2.75) is 45.9 Å². The maximum absolute atomic E-state index is 12.4. The normalized spacial score (nSPS) is 13.5. The van der Waals surface area contributed by atoms with Gasteiger partial charge in [-0.05, 0) is 32.8 Å². The molecule has 11 nitrogen and oxygen atoms in total. The number of methoxy groups -OCH3 is 1. The fourth-order valence-electron chi connectivity index (χ4n) is 2.94. The summed E-state index contributed by atoms with van der Waals surface area (Å²) in [5.74, 6) is -1.75. The van der Waals surface area contributed by atoms with Crippen LogP contribution >= 0.6 is 11.3 Å². The number of ether oxygens (including phenoxy) is 2. The van der Waals surface area contributed by atoms with E-state index in [0.29, 0.717) is 18.0 Å². The van der Waals surface area contributed by atoms with Gasteiger partial charge in [0, 0.05) is 11.4 Å². The number of rotatable bonds is 4. The summed E-state index contributed by atoms with van der Waals surface area (Å²) in [7, 11) is 1.26. The highest BCUT2D eigenvalue weighted by Gasteiger charge is 2.32. The van der Waals surface area contributed by atoms with Crippen molar-refractivity contribution in [3.8, 4) is 5.95 Å². The molecule has 0 aromatic carbocycles. The molecular formula is C18H22N4O7S. The maximum Gasteiger partial charge on any atom is 0.410 e. The van der Waals surface area contributed by atoms with Crippen molar-refractivity contribution in [1.29, 1.82) is 0 Å². The smallest absolute Gasteiger partial charge is 0.410 e. The second kappa shape index (κ2) is 8.30. The predicted octanol–water partition coefficient (Wildman–Crippen LogP) is 0.816. The van der Waals surface area contributed by atoms with E-state index < -0.39 is 29.5 Å². The first kappa shape index (κ1) is 21.6. The van der Waals surface area contributed by atoms with Gasteiger partial charge in [0.05, 0.1) is 24.5 Å². The number of carbonyl (C=O) groups is 3. The average Bonchev–Trinajstić information content (AvgIpc) is 3.21. The van der Waals surface area contributed by atoms with Gasteiger partial charge in [0.15, 0.2) is 0 Å². The summed E-state index contributed by atoms with van der Waals surface area (Å²) in [6.45, 7) is 5.73. The third-order valence-electron chi connectivity index (χ3n) is 4.15. The zero-order valence-electron chi connectivity index (χ0n) is 17.0. The van der Waals surface area contributed by atoms with Gasteiger partial charge in [0.25, 0.3) is 12.5 Å². The van der Waals surface area contributed by atoms with E-state index in [0.717, 1.165) is 21.3 Å². The number of nitrogens with one attached hydrogen (secondary N) is 1. The van der Waals surface area contributed by atoms with Crippen molar-refractivity contribution in [2.24, 2.45) is 0 Å². The van der Waals surface area contributed by atoms with Gasteiger partial charge in [-0.1, -0.05) is 4.68 Å². The first-order chi connectivity index (χ1) is 14.1. The monoisotopic (exact) mass is 438 g/mol. The Morgan fingerprint density at radius 2 is 2.13 bits per heavy atom. The molecule has 0 unspecified atom stereocenters. The van der Waals surface area contributed by atoms with Crippen LogP contribution in [0.2, 0.25) is 0 Å². The Labute approximate surface area is 176 Å². The van der Waals surface area contributed by atoms with E-state index in [1.165, 1.54) is 18.4 Å². The molecule has 2 amide bonds. The molecule has 12 heteroatoms. The van der Waals surface area contributed by atoms with Crippen molar-refractivity contribution in [3.63, 3.8) is 0 Å². The molecule has 0 radical (unpaired) electrons. The molecule has 0 fully saturated rings. The summed E-state index contributed by atoms with van der Waals surface area (Å²) in [5.41, 5.74) is 0.383. The first-order valence-electron chi connectivity index (χ1n) is 9.11. The van der Waals surface area contributed by atoms with Crippen LogP contribution in [0.25, 0.3) is 0 Å². The van der Waals surface area contributed by atoms with Gasteiger partial charge in [-0.15, -0.1) is 11.3 Å². The number of hydrogen-bond acceptors (Lipinski definition) is 9. The summed E-state index contributed by atoms with van der Waals surface area (Å²) in [6.07, 6.45) is 1.02. The van der Waals surface area contributed by atoms with Gasteiger partial charge < -0.3 is 29.3 Å². The Morgan fingerprint density at radius 1 is 1.40 bits per heavy atom. The zero-order chi connectivity index (χ0) is 22.1. The standard InChI is InChI=1S/C18H22N4O7S/c1-18(2,3)28-17(26)21-6-5-10-11(7-21)30-15(14(10)16(25)27-4)19-12(23)8-22-9-13(24)29-20-22/h9H,5-8H2,1-4H3,(H-,19,20,23,24,25). The minimum Gasteiger partial charge on any atom is -0.539 e. The molecule has 30 heavy (non-hydrogen) atoms. The van der Waals surface area contributed by atoms with E-state index in [2.05, 4.69) is 15.1 Å². The van der Waals surface area contributed by atoms with E-state index in [9.17, 15) is 19.5 Å². The highest BCUT2D eigenvalue weighted by Crippen LogP contribution is 2.38. The lowest BCUT2D eigenvalue weighted by atomic mass is 10.0. The second-order valence-corrected chi connectivity index (χ2v) is 8.72. The molecule has 0 bridgehead atoms. The highest BCUT2D eigenvalue weighted by atomic mass is 32.1. The number of amides is 2. The summed E-state index contributed by atoms with van der Waals surface area (Å²) < 4.78 is 15.7. The number of anilines is 1. The van der Waals surface area contributed by atoms with Gasteiger partial charge in [-0.25, -0.2) is 9.59 Å². The van der Waals surface area contributed by atoms with Crippen molar-refractivity contribution in [2.75, 3.05) is 19.0 Å². The van der Waals surface area contributed by atoms with Crippen molar-refractivity contribution >= 4 is 34.3 Å². The second-order valence-electron chi connectivity index (χ2n) is 7.62. The van der Waals surface area contributed by atoms with Crippen LogP contribution in [0.5, 0.6) is 5.95 Å². The van der Waals surface area contributed by atoms with Crippen molar-refractivity contribution < 1.29 is 38.2 Å². The molecule has 1 aliphatic heterocycles. The topological polar surface area (TPSA) is 138 Å². The largest absolute Gasteiger partial charge is 0.539 e. The Kier molecular flexibility index (Phi) is 5.97. The van der Waals surface area contributed by atoms with Crippen LogP contribution in [0.4, 0.5) is 9.80 Å². The number of aromatic nitrogens is 2. The van der Waals surface area contributed by atoms with E-state index in [1.54, 1.807) is 25.7 Å².